The second-order valence-electron chi connectivity index (χ2n) is 53.6. The lowest BCUT2D eigenvalue weighted by Crippen LogP contribution is -2.30. The number of hydrogen-bond donors (Lipinski definition) is 1. The molecule has 0 spiro atoms. The van der Waals surface area contributed by atoms with Gasteiger partial charge in [-0.1, -0.05) is 453 Å². The van der Waals surface area contributed by atoms with Gasteiger partial charge in [0.15, 0.2) is 0 Å². The van der Waals surface area contributed by atoms with Gasteiger partial charge in [0.25, 0.3) is 5.56 Å². The molecule has 14 rings (SSSR count). The van der Waals surface area contributed by atoms with Crippen molar-refractivity contribution in [2.75, 3.05) is 0 Å². The summed E-state index contributed by atoms with van der Waals surface area (Å²) in [6.07, 6.45) is 18.0. The van der Waals surface area contributed by atoms with E-state index in [9.17, 15) is 4.79 Å². The predicted octanol–water partition coefficient (Wildman–Crippen LogP) is 37.1. The van der Waals surface area contributed by atoms with Gasteiger partial charge in [0, 0.05) is 57.2 Å². The Labute approximate surface area is 791 Å². The standard InChI is InChI=1S/C16H24O.C13H16.C13H18.C13H16.C12H14N2O.C12H14N2.C12H14S.6C5H12/c1-15(2,3)12-7-8-13-11(9-12)10-14(17-13)16(4,5)6;1-13(2,3)12-8-10-6-4-5-7-11(10)9-12;2*1-13(2,3)12-9-8-10-6-4-5-7-11(10)12;1-12(2,3)9-6-8-4-5-13-7-10(8)14-11(9)15;1-12(2,3)11-5-4-9-8-13-7-6-10(9)14-11;1-12(2,3)10-8-13-11-7-5-4-6-9(10)11;6*1-5(2,3)4/h7-9,14H,10H2,1-6H3;4-8H,9H2,1-3H3;4-7,12H,8-9H2,1-3H3;4-7,9H,8H2,1-3H3;4-7H,1-3H3,(H,14,15);4-8H,1-3H3;4-8H,1-3H3;6*1-4H3. The smallest absolute Gasteiger partial charge is 0.252 e. The molecule has 0 radical (unpaired) electrons. The second kappa shape index (κ2) is 47.6. The fourth-order valence-corrected chi connectivity index (χ4v) is 14.1. The summed E-state index contributed by atoms with van der Waals surface area (Å²) in [4.78, 5) is 27.3. The Bertz CT molecular complexity index is 4970. The maximum Gasteiger partial charge on any atom is 0.252 e. The lowest BCUT2D eigenvalue weighted by atomic mass is 9.77. The van der Waals surface area contributed by atoms with E-state index in [1.807, 2.05) is 56.5 Å². The van der Waals surface area contributed by atoms with Gasteiger partial charge in [0.05, 0.1) is 17.2 Å². The topological polar surface area (TPSA) is 80.8 Å². The second-order valence-corrected chi connectivity index (χ2v) is 54.5. The monoisotopic (exact) mass is 1760 g/mol. The summed E-state index contributed by atoms with van der Waals surface area (Å²) in [5, 5.41) is 5.82. The first-order valence-electron chi connectivity index (χ1n) is 47.7. The number of H-pyrrole nitrogens is 1. The molecule has 1 N–H and O–H groups in total. The number of fused-ring (bicyclic) bond motifs is 7. The molecule has 710 valence electrons. The molecule has 7 heteroatoms. The van der Waals surface area contributed by atoms with Gasteiger partial charge in [-0.2, -0.15) is 0 Å². The number of aryl methyl sites for hydroxylation is 1. The number of hydrogen-bond acceptors (Lipinski definition) is 6. The number of nitrogens with zero attached hydrogens (tertiary/aromatic N) is 3. The Morgan fingerprint density at radius 3 is 1.37 bits per heavy atom. The molecule has 0 amide bonds. The molecule has 2 unspecified atom stereocenters. The summed E-state index contributed by atoms with van der Waals surface area (Å²) in [7, 11) is 0. The minimum Gasteiger partial charge on any atom is -0.489 e. The minimum atomic E-state index is -0.134. The summed E-state index contributed by atoms with van der Waals surface area (Å²) in [5.41, 5.74) is 24.7. The molecule has 3 aliphatic carbocycles. The highest BCUT2D eigenvalue weighted by Gasteiger charge is 2.35. The number of ether oxygens (including phenoxy) is 1. The molecule has 4 aliphatic rings. The van der Waals surface area contributed by atoms with Crippen LogP contribution in [0.1, 0.15) is 406 Å². The van der Waals surface area contributed by atoms with Crippen molar-refractivity contribution < 1.29 is 4.74 Å². The molecular weight excluding hydrogens is 1570 g/mol. The third-order valence-electron chi connectivity index (χ3n) is 19.1. The Morgan fingerprint density at radius 1 is 0.406 bits per heavy atom. The Kier molecular flexibility index (Phi) is 43.2. The van der Waals surface area contributed by atoms with Crippen molar-refractivity contribution in [2.24, 2.45) is 54.1 Å². The van der Waals surface area contributed by atoms with Gasteiger partial charge < -0.3 is 9.72 Å². The third-order valence-corrected chi connectivity index (χ3v) is 20.1. The normalized spacial score (nSPS) is 14.8. The van der Waals surface area contributed by atoms with Crippen LogP contribution in [0.3, 0.4) is 0 Å². The molecule has 0 fully saturated rings. The van der Waals surface area contributed by atoms with E-state index in [-0.39, 0.29) is 38.0 Å². The van der Waals surface area contributed by atoms with Crippen LogP contribution < -0.4 is 10.3 Å². The van der Waals surface area contributed by atoms with E-state index in [1.165, 1.54) is 67.4 Å². The van der Waals surface area contributed by atoms with Gasteiger partial charge in [-0.15, -0.1) is 11.3 Å². The van der Waals surface area contributed by atoms with Crippen molar-refractivity contribution in [3.05, 3.63) is 259 Å². The van der Waals surface area contributed by atoms with Crippen LogP contribution in [-0.2, 0) is 47.3 Å². The molecule has 0 bridgehead atoms. The van der Waals surface area contributed by atoms with Gasteiger partial charge in [0.2, 0.25) is 0 Å². The number of rotatable bonds is 0. The first kappa shape index (κ1) is 116. The molecule has 1 aliphatic heterocycles. The molecule has 5 aromatic carbocycles. The number of aromatic nitrogens is 4. The van der Waals surface area contributed by atoms with Gasteiger partial charge >= 0.3 is 0 Å². The summed E-state index contributed by atoms with van der Waals surface area (Å²) >= 11 is 1.84. The molecule has 128 heavy (non-hydrogen) atoms. The van der Waals surface area contributed by atoms with Crippen LogP contribution in [0.4, 0.5) is 0 Å². The summed E-state index contributed by atoms with van der Waals surface area (Å²) < 4.78 is 7.43. The van der Waals surface area contributed by atoms with Crippen molar-refractivity contribution in [3.8, 4) is 5.75 Å². The van der Waals surface area contributed by atoms with E-state index >= 15 is 0 Å². The molecule has 6 nitrogen and oxygen atoms in total. The van der Waals surface area contributed by atoms with Crippen molar-refractivity contribution >= 4 is 54.9 Å². The highest BCUT2D eigenvalue weighted by molar-refractivity contribution is 7.17. The quantitative estimate of drug-likeness (QED) is 0.164. The van der Waals surface area contributed by atoms with Crippen molar-refractivity contribution in [2.45, 2.75) is 398 Å². The first-order chi connectivity index (χ1) is 57.6. The highest BCUT2D eigenvalue weighted by atomic mass is 32.1. The molecule has 0 saturated carbocycles. The summed E-state index contributed by atoms with van der Waals surface area (Å²) in [6.45, 7) is 106. The van der Waals surface area contributed by atoms with Crippen LogP contribution in [0.25, 0.3) is 43.5 Å². The van der Waals surface area contributed by atoms with Crippen LogP contribution in [0.5, 0.6) is 5.75 Å². The van der Waals surface area contributed by atoms with Crippen LogP contribution in [0, 0.1) is 54.1 Å². The van der Waals surface area contributed by atoms with E-state index < -0.39 is 0 Å². The van der Waals surface area contributed by atoms with Crippen LogP contribution >= 0.6 is 11.3 Å². The summed E-state index contributed by atoms with van der Waals surface area (Å²) in [6, 6.07) is 51.5. The lowest BCUT2D eigenvalue weighted by Gasteiger charge is -2.27. The fourth-order valence-electron chi connectivity index (χ4n) is 13.0. The SMILES string of the molecule is CC(C)(C)C.CC(C)(C)C.CC(C)(C)C.CC(C)(C)C.CC(C)(C)C.CC(C)(C)C.CC(C)(C)C1=CCc2ccccc21.CC(C)(C)C1=Cc2ccccc2C1.CC(C)(C)C1CCc2ccccc21.CC(C)(C)c1cc2ccncc2[nH]c1=O.CC(C)(C)c1ccc2c(c1)CC(C(C)(C)C)O2.CC(C)(C)c1ccc2cnccc2n1.CC(C)(C)c1csc2ccccc12. The number of nitrogens with one attached hydrogen (secondary N) is 1. The maximum absolute atomic E-state index is 11.8. The Balaban J connectivity index is 0.000000480. The third kappa shape index (κ3) is 48.4. The number of pyridine rings is 4. The molecule has 10 aromatic rings. The highest BCUT2D eigenvalue weighted by Crippen LogP contribution is 2.46. The molecule has 0 saturated heterocycles. The average Bonchev–Trinajstić information content (AvgIpc) is 1.20. The number of aromatic amines is 1. The zero-order chi connectivity index (χ0) is 99.0. The van der Waals surface area contributed by atoms with Gasteiger partial charge in [-0.3, -0.25) is 19.7 Å². The van der Waals surface area contributed by atoms with Crippen molar-refractivity contribution in [1.82, 2.24) is 19.9 Å². The van der Waals surface area contributed by atoms with Crippen molar-refractivity contribution in [1.29, 1.82) is 0 Å². The lowest BCUT2D eigenvalue weighted by molar-refractivity contribution is 0.109. The van der Waals surface area contributed by atoms with Gasteiger partial charge in [-0.25, -0.2) is 0 Å². The largest absolute Gasteiger partial charge is 0.489 e. The van der Waals surface area contributed by atoms with Crippen LogP contribution in [0.15, 0.2) is 192 Å². The van der Waals surface area contributed by atoms with E-state index in [1.54, 1.807) is 35.3 Å². The number of benzene rings is 5. The van der Waals surface area contributed by atoms with Crippen LogP contribution in [0.2, 0.25) is 0 Å². The molecule has 6 heterocycles. The molecule has 2 atom stereocenters. The molecular formula is C121H188N4O2S. The number of allylic oxidation sites excluding steroid dienone is 3. The number of thiophene rings is 1. The van der Waals surface area contributed by atoms with Crippen LogP contribution in [-0.4, -0.2) is 26.0 Å². The fraction of sp³-hybridized carbons (Fsp3) is 0.570. The maximum atomic E-state index is 11.8. The van der Waals surface area contributed by atoms with Gasteiger partial charge in [0.1, 0.15) is 11.9 Å². The minimum absolute atomic E-state index is 0.0250. The van der Waals surface area contributed by atoms with E-state index in [2.05, 4.69) is 476 Å². The van der Waals surface area contributed by atoms with E-state index in [0.717, 1.165) is 64.0 Å². The zero-order valence-electron chi connectivity index (χ0n) is 91.2. The molecule has 5 aromatic heterocycles. The Hall–Kier alpha value is -7.74. The average molecular weight is 1760 g/mol. The van der Waals surface area contributed by atoms with Gasteiger partial charge in [-0.05, 0) is 211 Å². The van der Waals surface area contributed by atoms with Crippen molar-refractivity contribution in [3.63, 3.8) is 0 Å². The first-order valence-corrected chi connectivity index (χ1v) is 48.6. The summed E-state index contributed by atoms with van der Waals surface area (Å²) in [5.74, 6) is 1.85. The van der Waals surface area contributed by atoms with E-state index in [4.69, 9.17) is 4.74 Å². The zero-order valence-corrected chi connectivity index (χ0v) is 92.0. The van der Waals surface area contributed by atoms with E-state index in [0.29, 0.717) is 49.4 Å². The predicted molar refractivity (Wildman–Crippen MR) is 575 cm³/mol. The Morgan fingerprint density at radius 2 is 0.883 bits per heavy atom.